The number of ether oxygens (including phenoxy) is 1. The molecule has 1 rings (SSSR count). The maximum atomic E-state index is 11.9. The van der Waals surface area contributed by atoms with Crippen LogP contribution < -0.4 is 10.1 Å². The molecule has 1 aromatic rings. The molecule has 0 aliphatic heterocycles. The molecule has 0 saturated heterocycles. The minimum Gasteiger partial charge on any atom is -0.493 e. The van der Waals surface area contributed by atoms with Gasteiger partial charge in [0.15, 0.2) is 9.84 Å². The van der Waals surface area contributed by atoms with E-state index in [0.717, 1.165) is 0 Å². The van der Waals surface area contributed by atoms with Crippen molar-refractivity contribution in [2.45, 2.75) is 26.7 Å². The summed E-state index contributed by atoms with van der Waals surface area (Å²) >= 11 is 0. The Bertz CT molecular complexity index is 663. The summed E-state index contributed by atoms with van der Waals surface area (Å²) in [6, 6.07) is 8.76. The van der Waals surface area contributed by atoms with Crippen LogP contribution >= 0.6 is 0 Å². The maximum Gasteiger partial charge on any atom is 0.239 e. The number of nitrogens with one attached hydrogen (secondary N) is 1. The first-order chi connectivity index (χ1) is 10.8. The number of anilines is 1. The second kappa shape index (κ2) is 9.16. The monoisotopic (exact) mass is 338 g/mol. The van der Waals surface area contributed by atoms with Gasteiger partial charge >= 0.3 is 0 Å². The van der Waals surface area contributed by atoms with E-state index in [9.17, 15) is 13.2 Å². The molecule has 0 aliphatic carbocycles. The Morgan fingerprint density at radius 3 is 2.78 bits per heavy atom. The summed E-state index contributed by atoms with van der Waals surface area (Å²) in [6.07, 6.45) is 1.05. The predicted octanol–water partition coefficient (Wildman–Crippen LogP) is 2.38. The minimum absolute atomic E-state index is 0.0114. The van der Waals surface area contributed by atoms with Crippen LogP contribution in [0.15, 0.2) is 24.3 Å². The van der Waals surface area contributed by atoms with E-state index in [1.807, 2.05) is 6.07 Å². The second-order valence-corrected chi connectivity index (χ2v) is 7.74. The molecule has 1 aromatic carbocycles. The van der Waals surface area contributed by atoms with E-state index in [1.165, 1.54) is 0 Å². The molecule has 1 N–H and O–H groups in total. The number of rotatable bonds is 9. The highest BCUT2D eigenvalue weighted by Crippen LogP contribution is 2.17. The lowest BCUT2D eigenvalue weighted by Crippen LogP contribution is -2.26. The van der Waals surface area contributed by atoms with Crippen molar-refractivity contribution in [1.29, 1.82) is 5.26 Å². The minimum atomic E-state index is -3.40. The second-order valence-electron chi connectivity index (χ2n) is 5.63. The van der Waals surface area contributed by atoms with Gasteiger partial charge in [-0.25, -0.2) is 8.42 Å². The van der Waals surface area contributed by atoms with E-state index < -0.39 is 21.5 Å². The van der Waals surface area contributed by atoms with Crippen molar-refractivity contribution >= 4 is 21.4 Å². The van der Waals surface area contributed by atoms with Crippen molar-refractivity contribution in [2.75, 3.05) is 23.4 Å². The molecule has 6 nitrogen and oxygen atoms in total. The van der Waals surface area contributed by atoms with Crippen LogP contribution in [0, 0.1) is 17.2 Å². The van der Waals surface area contributed by atoms with E-state index in [2.05, 4.69) is 5.32 Å². The molecule has 126 valence electrons. The summed E-state index contributed by atoms with van der Waals surface area (Å²) in [7, 11) is -3.40. The average molecular weight is 338 g/mol. The smallest absolute Gasteiger partial charge is 0.239 e. The quantitative estimate of drug-likeness (QED) is 0.697. The van der Waals surface area contributed by atoms with Gasteiger partial charge in [0, 0.05) is 18.2 Å². The number of hydrogen-bond donors (Lipinski definition) is 1. The van der Waals surface area contributed by atoms with Crippen LogP contribution in [0.3, 0.4) is 0 Å². The number of sulfone groups is 1. The molecule has 7 heteroatoms. The van der Waals surface area contributed by atoms with Crippen LogP contribution in [-0.2, 0) is 14.6 Å². The third-order valence-electron chi connectivity index (χ3n) is 2.76. The number of nitrogens with zero attached hydrogens (tertiary/aromatic N) is 1. The van der Waals surface area contributed by atoms with Gasteiger partial charge in [-0.1, -0.05) is 19.9 Å². The third kappa shape index (κ3) is 8.21. The first-order valence-corrected chi connectivity index (χ1v) is 9.24. The lowest BCUT2D eigenvalue weighted by atomic mass is 10.3. The van der Waals surface area contributed by atoms with Crippen LogP contribution in [-0.4, -0.2) is 32.4 Å². The molecule has 0 saturated carbocycles. The molecule has 0 heterocycles. The summed E-state index contributed by atoms with van der Waals surface area (Å²) < 4.78 is 29.1. The SMILES string of the molecule is CC(C)CS(=O)(=O)CC(=O)Nc1cccc(OCCCC#N)c1. The van der Waals surface area contributed by atoms with Gasteiger partial charge in [-0.3, -0.25) is 4.79 Å². The first-order valence-electron chi connectivity index (χ1n) is 7.42. The fraction of sp³-hybridized carbons (Fsp3) is 0.500. The standard InChI is InChI=1S/C16H22N2O4S/c1-13(2)11-23(20,21)12-16(19)18-14-6-5-7-15(10-14)22-9-4-3-8-17/h5-7,10,13H,3-4,9,11-12H2,1-2H3,(H,18,19). The van der Waals surface area contributed by atoms with E-state index in [0.29, 0.717) is 30.9 Å². The Kier molecular flexibility index (Phi) is 7.55. The fourth-order valence-corrected chi connectivity index (χ4v) is 3.57. The number of carbonyl (C=O) groups excluding carboxylic acids is 1. The molecule has 0 spiro atoms. The van der Waals surface area contributed by atoms with Gasteiger partial charge in [-0.15, -0.1) is 0 Å². The van der Waals surface area contributed by atoms with E-state index in [1.54, 1.807) is 38.1 Å². The van der Waals surface area contributed by atoms with Gasteiger partial charge in [-0.2, -0.15) is 5.26 Å². The topological polar surface area (TPSA) is 96.3 Å². The van der Waals surface area contributed by atoms with Gasteiger partial charge in [-0.05, 0) is 24.5 Å². The Balaban J connectivity index is 2.57. The molecule has 0 aromatic heterocycles. The number of amides is 1. The van der Waals surface area contributed by atoms with Gasteiger partial charge in [0.05, 0.1) is 18.4 Å². The molecular formula is C16H22N2O4S. The molecular weight excluding hydrogens is 316 g/mol. The number of benzene rings is 1. The van der Waals surface area contributed by atoms with Gasteiger partial charge in [0.25, 0.3) is 0 Å². The normalized spacial score (nSPS) is 11.0. The zero-order valence-electron chi connectivity index (χ0n) is 13.4. The molecule has 0 fully saturated rings. The summed E-state index contributed by atoms with van der Waals surface area (Å²) in [5, 5.41) is 11.0. The summed E-state index contributed by atoms with van der Waals surface area (Å²) in [5.74, 6) is -0.558. The molecule has 0 atom stereocenters. The van der Waals surface area contributed by atoms with Crippen LogP contribution in [0.25, 0.3) is 0 Å². The van der Waals surface area contributed by atoms with Crippen molar-refractivity contribution in [1.82, 2.24) is 0 Å². The highest BCUT2D eigenvalue weighted by atomic mass is 32.2. The van der Waals surface area contributed by atoms with Crippen molar-refractivity contribution in [3.05, 3.63) is 24.3 Å². The van der Waals surface area contributed by atoms with E-state index in [4.69, 9.17) is 10.00 Å². The summed E-state index contributed by atoms with van der Waals surface area (Å²) in [4.78, 5) is 11.9. The maximum absolute atomic E-state index is 11.9. The van der Waals surface area contributed by atoms with Crippen molar-refractivity contribution in [2.24, 2.45) is 5.92 Å². The zero-order valence-corrected chi connectivity index (χ0v) is 14.2. The lowest BCUT2D eigenvalue weighted by Gasteiger charge is -2.10. The van der Waals surface area contributed by atoms with Gasteiger partial charge < -0.3 is 10.1 Å². The van der Waals surface area contributed by atoms with Crippen LogP contribution in [0.2, 0.25) is 0 Å². The number of hydrogen-bond acceptors (Lipinski definition) is 5. The van der Waals surface area contributed by atoms with Crippen molar-refractivity contribution in [3.8, 4) is 11.8 Å². The van der Waals surface area contributed by atoms with Crippen LogP contribution in [0.5, 0.6) is 5.75 Å². The molecule has 0 bridgehead atoms. The van der Waals surface area contributed by atoms with Gasteiger partial charge in [0.2, 0.25) is 5.91 Å². The molecule has 23 heavy (non-hydrogen) atoms. The predicted molar refractivity (Wildman–Crippen MR) is 88.9 cm³/mol. The van der Waals surface area contributed by atoms with Gasteiger partial charge in [0.1, 0.15) is 11.5 Å². The Labute approximate surface area is 137 Å². The average Bonchev–Trinajstić information content (AvgIpc) is 2.41. The van der Waals surface area contributed by atoms with Crippen LogP contribution in [0.1, 0.15) is 26.7 Å². The molecule has 1 amide bonds. The zero-order chi connectivity index (χ0) is 17.3. The summed E-state index contributed by atoms with van der Waals surface area (Å²) in [6.45, 7) is 4.00. The number of carbonyl (C=O) groups is 1. The first kappa shape index (κ1) is 19.0. The molecule has 0 unspecified atom stereocenters. The van der Waals surface area contributed by atoms with Crippen LogP contribution in [0.4, 0.5) is 5.69 Å². The molecule has 0 radical (unpaired) electrons. The number of nitriles is 1. The van der Waals surface area contributed by atoms with Crippen molar-refractivity contribution < 1.29 is 17.9 Å². The van der Waals surface area contributed by atoms with E-state index >= 15 is 0 Å². The Morgan fingerprint density at radius 1 is 1.39 bits per heavy atom. The third-order valence-corrected chi connectivity index (χ3v) is 4.63. The van der Waals surface area contributed by atoms with Crippen molar-refractivity contribution in [3.63, 3.8) is 0 Å². The Morgan fingerprint density at radius 2 is 2.13 bits per heavy atom. The lowest BCUT2D eigenvalue weighted by molar-refractivity contribution is -0.113. The Hall–Kier alpha value is -2.07. The number of unbranched alkanes of at least 4 members (excludes halogenated alkanes) is 1. The summed E-state index contributed by atoms with van der Waals surface area (Å²) in [5.41, 5.74) is 0.479. The largest absolute Gasteiger partial charge is 0.493 e. The fourth-order valence-electron chi connectivity index (χ4n) is 1.97. The highest BCUT2D eigenvalue weighted by molar-refractivity contribution is 7.92. The highest BCUT2D eigenvalue weighted by Gasteiger charge is 2.18. The molecule has 0 aliphatic rings. The van der Waals surface area contributed by atoms with E-state index in [-0.39, 0.29) is 11.7 Å².